The smallest absolute Gasteiger partial charge is 0.339 e. The Morgan fingerprint density at radius 3 is 2.61 bits per heavy atom. The lowest BCUT2D eigenvalue weighted by molar-refractivity contribution is 0.0427. The van der Waals surface area contributed by atoms with E-state index in [4.69, 9.17) is 14.0 Å². The third-order valence-electron chi connectivity index (χ3n) is 3.91. The lowest BCUT2D eigenvalue weighted by Crippen LogP contribution is -2.10. The molecule has 0 N–H and O–H groups in total. The average Bonchev–Trinajstić information content (AvgIpc) is 3.43. The molecule has 0 fully saturated rings. The zero-order chi connectivity index (χ0) is 19.2. The number of ether oxygens (including phenoxy) is 2. The number of para-hydroxylation sites is 1. The largest absolute Gasteiger partial charge is 0.489 e. The number of nitrogens with zero attached hydrogens (tertiary/aromatic N) is 2. The van der Waals surface area contributed by atoms with E-state index in [-0.39, 0.29) is 19.1 Å². The maximum absolute atomic E-state index is 12.5. The molecule has 140 valence electrons. The van der Waals surface area contributed by atoms with Gasteiger partial charge in [0.2, 0.25) is 5.82 Å². The molecule has 2 aromatic heterocycles. The molecule has 0 saturated heterocycles. The van der Waals surface area contributed by atoms with Gasteiger partial charge in [-0.3, -0.25) is 0 Å². The summed E-state index contributed by atoms with van der Waals surface area (Å²) in [5, 5.41) is 5.83. The highest BCUT2D eigenvalue weighted by Crippen LogP contribution is 2.22. The van der Waals surface area contributed by atoms with Crippen LogP contribution in [0.1, 0.15) is 21.8 Å². The van der Waals surface area contributed by atoms with E-state index in [0.717, 1.165) is 16.2 Å². The molecule has 6 nitrogen and oxygen atoms in total. The highest BCUT2D eigenvalue weighted by Gasteiger charge is 2.16. The fourth-order valence-electron chi connectivity index (χ4n) is 2.55. The molecule has 0 spiro atoms. The van der Waals surface area contributed by atoms with E-state index in [1.165, 1.54) is 11.3 Å². The number of benzene rings is 2. The number of hydrogen-bond acceptors (Lipinski definition) is 7. The second-order valence-electron chi connectivity index (χ2n) is 5.82. The van der Waals surface area contributed by atoms with Crippen molar-refractivity contribution in [1.29, 1.82) is 0 Å². The summed E-state index contributed by atoms with van der Waals surface area (Å²) in [4.78, 5) is 17.7. The first-order chi connectivity index (χ1) is 13.8. The minimum absolute atomic E-state index is 0.0922. The Bertz CT molecular complexity index is 1050. The topological polar surface area (TPSA) is 74.5 Å². The van der Waals surface area contributed by atoms with Crippen LogP contribution in [0.5, 0.6) is 5.75 Å². The Balaban J connectivity index is 1.39. The molecule has 4 rings (SSSR count). The number of thiophene rings is 1. The Morgan fingerprint density at radius 2 is 1.79 bits per heavy atom. The second-order valence-corrected chi connectivity index (χ2v) is 6.77. The third kappa shape index (κ3) is 4.27. The maximum atomic E-state index is 12.5. The number of carbonyl (C=O) groups is 1. The van der Waals surface area contributed by atoms with Gasteiger partial charge in [-0.2, -0.15) is 4.98 Å². The van der Waals surface area contributed by atoms with Crippen LogP contribution < -0.4 is 4.74 Å². The molecule has 0 bridgehead atoms. The number of hydrogen-bond donors (Lipinski definition) is 0. The maximum Gasteiger partial charge on any atom is 0.339 e. The van der Waals surface area contributed by atoms with E-state index in [1.54, 1.807) is 12.1 Å². The van der Waals surface area contributed by atoms with Crippen molar-refractivity contribution < 1.29 is 18.8 Å². The lowest BCUT2D eigenvalue weighted by Gasteiger charge is -2.10. The molecule has 0 atom stereocenters. The van der Waals surface area contributed by atoms with Crippen molar-refractivity contribution in [2.75, 3.05) is 0 Å². The highest BCUT2D eigenvalue weighted by molar-refractivity contribution is 7.13. The molecule has 4 aromatic rings. The number of esters is 1. The quantitative estimate of drug-likeness (QED) is 0.423. The van der Waals surface area contributed by atoms with E-state index in [2.05, 4.69) is 10.1 Å². The van der Waals surface area contributed by atoms with Crippen LogP contribution in [0, 0.1) is 0 Å². The molecule has 0 unspecified atom stereocenters. The third-order valence-corrected chi connectivity index (χ3v) is 4.78. The van der Waals surface area contributed by atoms with Gasteiger partial charge in [-0.05, 0) is 29.6 Å². The van der Waals surface area contributed by atoms with Crippen LogP contribution in [-0.2, 0) is 18.0 Å². The predicted molar refractivity (Wildman–Crippen MR) is 104 cm³/mol. The van der Waals surface area contributed by atoms with Gasteiger partial charge in [0.25, 0.3) is 5.89 Å². The molecular formula is C21H16N2O4S. The van der Waals surface area contributed by atoms with E-state index in [0.29, 0.717) is 11.4 Å². The summed E-state index contributed by atoms with van der Waals surface area (Å²) >= 11 is 1.51. The molecular weight excluding hydrogens is 376 g/mol. The van der Waals surface area contributed by atoms with E-state index < -0.39 is 5.97 Å². The average molecular weight is 392 g/mol. The van der Waals surface area contributed by atoms with Crippen LogP contribution in [-0.4, -0.2) is 16.1 Å². The summed E-state index contributed by atoms with van der Waals surface area (Å²) in [5.74, 6) is 0.994. The standard InChI is InChI=1S/C21H16N2O4S/c24-21(26-14-19-22-20(23-27-19)18-11-6-12-28-18)17-10-5-4-7-15(17)13-25-16-8-2-1-3-9-16/h1-12H,13-14H2. The van der Waals surface area contributed by atoms with E-state index >= 15 is 0 Å². The van der Waals surface area contributed by atoms with Crippen molar-refractivity contribution in [3.05, 3.63) is 89.1 Å². The molecule has 0 aliphatic carbocycles. The Hall–Kier alpha value is -3.45. The molecule has 2 aromatic carbocycles. The Kier molecular flexibility index (Phi) is 5.44. The minimum Gasteiger partial charge on any atom is -0.489 e. The van der Waals surface area contributed by atoms with Gasteiger partial charge in [0.15, 0.2) is 6.61 Å². The van der Waals surface area contributed by atoms with Gasteiger partial charge in [-0.25, -0.2) is 4.79 Å². The second kappa shape index (κ2) is 8.49. The van der Waals surface area contributed by atoms with Crippen LogP contribution in [0.15, 0.2) is 76.6 Å². The van der Waals surface area contributed by atoms with Crippen LogP contribution >= 0.6 is 11.3 Å². The van der Waals surface area contributed by atoms with Gasteiger partial charge in [0, 0.05) is 5.56 Å². The summed E-state index contributed by atoms with van der Waals surface area (Å²) in [6, 6.07) is 20.4. The number of rotatable bonds is 7. The zero-order valence-electron chi connectivity index (χ0n) is 14.8. The minimum atomic E-state index is -0.469. The van der Waals surface area contributed by atoms with Gasteiger partial charge >= 0.3 is 5.97 Å². The van der Waals surface area contributed by atoms with Crippen molar-refractivity contribution in [2.45, 2.75) is 13.2 Å². The van der Waals surface area contributed by atoms with Gasteiger partial charge in [0.05, 0.1) is 10.4 Å². The highest BCUT2D eigenvalue weighted by atomic mass is 32.1. The first kappa shape index (κ1) is 17.9. The van der Waals surface area contributed by atoms with Crippen molar-refractivity contribution in [3.63, 3.8) is 0 Å². The lowest BCUT2D eigenvalue weighted by atomic mass is 10.1. The number of aromatic nitrogens is 2. The van der Waals surface area contributed by atoms with Gasteiger partial charge in [-0.15, -0.1) is 11.3 Å². The van der Waals surface area contributed by atoms with Crippen molar-refractivity contribution in [3.8, 4) is 16.5 Å². The summed E-state index contributed by atoms with van der Waals surface area (Å²) < 4.78 is 16.2. The molecule has 0 saturated carbocycles. The summed E-state index contributed by atoms with van der Waals surface area (Å²) in [5.41, 5.74) is 1.18. The molecule has 0 aliphatic heterocycles. The Labute approximate surface area is 165 Å². The molecule has 2 heterocycles. The van der Waals surface area contributed by atoms with Crippen LogP contribution in [0.4, 0.5) is 0 Å². The van der Waals surface area contributed by atoms with Crippen molar-refractivity contribution in [1.82, 2.24) is 10.1 Å². The molecule has 0 radical (unpaired) electrons. The normalized spacial score (nSPS) is 10.6. The van der Waals surface area contributed by atoms with Gasteiger partial charge in [0.1, 0.15) is 12.4 Å². The molecule has 0 aliphatic rings. The van der Waals surface area contributed by atoms with Crippen LogP contribution in [0.2, 0.25) is 0 Å². The summed E-state index contributed by atoms with van der Waals surface area (Å²) in [6.45, 7) is 0.170. The van der Waals surface area contributed by atoms with Crippen molar-refractivity contribution >= 4 is 17.3 Å². The molecule has 7 heteroatoms. The zero-order valence-corrected chi connectivity index (χ0v) is 15.6. The van der Waals surface area contributed by atoms with Gasteiger partial charge in [-0.1, -0.05) is 47.6 Å². The fourth-order valence-corrected chi connectivity index (χ4v) is 3.20. The Morgan fingerprint density at radius 1 is 0.964 bits per heavy atom. The molecule has 28 heavy (non-hydrogen) atoms. The van der Waals surface area contributed by atoms with Crippen molar-refractivity contribution in [2.24, 2.45) is 0 Å². The van der Waals surface area contributed by atoms with Gasteiger partial charge < -0.3 is 14.0 Å². The SMILES string of the molecule is O=C(OCc1nc(-c2cccs2)no1)c1ccccc1COc1ccccc1. The fraction of sp³-hybridized carbons (Fsp3) is 0.0952. The predicted octanol–water partition coefficient (Wildman–Crippen LogP) is 4.73. The first-order valence-electron chi connectivity index (χ1n) is 8.59. The molecule has 0 amide bonds. The monoisotopic (exact) mass is 392 g/mol. The first-order valence-corrected chi connectivity index (χ1v) is 9.47. The van der Waals surface area contributed by atoms with Crippen LogP contribution in [0.3, 0.4) is 0 Å². The van der Waals surface area contributed by atoms with E-state index in [1.807, 2.05) is 60.0 Å². The van der Waals surface area contributed by atoms with E-state index in [9.17, 15) is 4.79 Å². The summed E-state index contributed by atoms with van der Waals surface area (Å²) in [7, 11) is 0. The number of carbonyl (C=O) groups excluding carboxylic acids is 1. The van der Waals surface area contributed by atoms with Crippen LogP contribution in [0.25, 0.3) is 10.7 Å². The summed E-state index contributed by atoms with van der Waals surface area (Å²) in [6.07, 6.45) is 0.